The van der Waals surface area contributed by atoms with E-state index in [0.717, 1.165) is 5.69 Å². The first-order chi connectivity index (χ1) is 13.5. The third kappa shape index (κ3) is 4.66. The number of imide groups is 1. The van der Waals surface area contributed by atoms with Crippen molar-refractivity contribution in [2.75, 3.05) is 23.9 Å². The maximum absolute atomic E-state index is 12.9. The van der Waals surface area contributed by atoms with Gasteiger partial charge in [-0.05, 0) is 55.5 Å². The van der Waals surface area contributed by atoms with Crippen LogP contribution in [0.4, 0.5) is 11.4 Å². The number of amides is 2. The van der Waals surface area contributed by atoms with E-state index in [9.17, 15) is 9.59 Å². The molecule has 1 fully saturated rings. The molecule has 1 heterocycles. The Labute approximate surface area is 172 Å². The van der Waals surface area contributed by atoms with E-state index in [1.807, 2.05) is 19.1 Å². The number of benzene rings is 2. The lowest BCUT2D eigenvalue weighted by Crippen LogP contribution is -2.31. The van der Waals surface area contributed by atoms with Gasteiger partial charge in [-0.1, -0.05) is 23.4 Å². The summed E-state index contributed by atoms with van der Waals surface area (Å²) >= 11 is 7.18. The Hall–Kier alpha value is -2.51. The summed E-state index contributed by atoms with van der Waals surface area (Å²) in [5.74, 6) is 0.190. The normalized spacial score (nSPS) is 17.2. The molecule has 8 heteroatoms. The van der Waals surface area contributed by atoms with E-state index >= 15 is 0 Å². The average molecular weight is 418 g/mol. The van der Waals surface area contributed by atoms with Gasteiger partial charge in [-0.3, -0.25) is 14.6 Å². The average Bonchev–Trinajstić information content (AvgIpc) is 2.97. The van der Waals surface area contributed by atoms with Gasteiger partial charge in [0.2, 0.25) is 11.8 Å². The molecule has 146 valence electrons. The molecule has 1 aliphatic heterocycles. The van der Waals surface area contributed by atoms with Crippen LogP contribution in [0.5, 0.6) is 5.75 Å². The minimum absolute atomic E-state index is 0.126. The van der Waals surface area contributed by atoms with Crippen molar-refractivity contribution < 1.29 is 14.3 Å². The van der Waals surface area contributed by atoms with Crippen LogP contribution >= 0.6 is 23.4 Å². The number of thioether (sulfide) groups is 1. The summed E-state index contributed by atoms with van der Waals surface area (Å²) < 4.78 is 5.13. The molecule has 0 bridgehead atoms. The zero-order chi connectivity index (χ0) is 20.1. The summed E-state index contributed by atoms with van der Waals surface area (Å²) in [7, 11) is 1.57. The van der Waals surface area contributed by atoms with Crippen molar-refractivity contribution in [2.24, 2.45) is 4.99 Å². The number of anilines is 2. The number of nitrogens with zero attached hydrogens (tertiary/aromatic N) is 2. The van der Waals surface area contributed by atoms with Crippen LogP contribution in [0.1, 0.15) is 13.3 Å². The second-order valence-corrected chi connectivity index (χ2v) is 7.62. The van der Waals surface area contributed by atoms with Gasteiger partial charge in [0.25, 0.3) is 0 Å². The molecule has 6 nitrogen and oxygen atoms in total. The Balaban J connectivity index is 1.73. The Kier molecular flexibility index (Phi) is 6.59. The Morgan fingerprint density at radius 1 is 1.21 bits per heavy atom. The summed E-state index contributed by atoms with van der Waals surface area (Å²) in [6.45, 7) is 2.47. The highest BCUT2D eigenvalue weighted by atomic mass is 35.5. The molecule has 2 aromatic carbocycles. The number of hydrogen-bond donors (Lipinski definition) is 1. The summed E-state index contributed by atoms with van der Waals surface area (Å²) in [6.07, 6.45) is 0.126. The molecule has 2 amide bonds. The zero-order valence-electron chi connectivity index (χ0n) is 15.5. The lowest BCUT2D eigenvalue weighted by Gasteiger charge is -2.16. The predicted octanol–water partition coefficient (Wildman–Crippen LogP) is 4.20. The molecular formula is C20H20ClN3O3S. The van der Waals surface area contributed by atoms with Gasteiger partial charge in [0.05, 0.1) is 12.8 Å². The van der Waals surface area contributed by atoms with Crippen LogP contribution in [0.15, 0.2) is 53.5 Å². The molecule has 0 aliphatic carbocycles. The fourth-order valence-electron chi connectivity index (χ4n) is 2.74. The highest BCUT2D eigenvalue weighted by Crippen LogP contribution is 2.31. The number of carbonyl (C=O) groups is 2. The van der Waals surface area contributed by atoms with Crippen molar-refractivity contribution in [3.8, 4) is 5.75 Å². The van der Waals surface area contributed by atoms with Crippen molar-refractivity contribution in [2.45, 2.75) is 18.6 Å². The number of methoxy groups -OCH3 is 1. The van der Waals surface area contributed by atoms with Crippen LogP contribution in [-0.4, -0.2) is 35.9 Å². The Bertz CT molecular complexity index is 885. The van der Waals surface area contributed by atoms with E-state index in [0.29, 0.717) is 28.2 Å². The van der Waals surface area contributed by atoms with E-state index in [-0.39, 0.29) is 18.2 Å². The Morgan fingerprint density at radius 2 is 1.89 bits per heavy atom. The number of carbonyl (C=O) groups excluding carboxylic acids is 2. The lowest BCUT2D eigenvalue weighted by atomic mass is 10.3. The molecule has 1 saturated heterocycles. The van der Waals surface area contributed by atoms with Gasteiger partial charge < -0.3 is 10.1 Å². The van der Waals surface area contributed by atoms with Crippen LogP contribution in [-0.2, 0) is 9.59 Å². The van der Waals surface area contributed by atoms with E-state index in [4.69, 9.17) is 16.3 Å². The molecule has 28 heavy (non-hydrogen) atoms. The van der Waals surface area contributed by atoms with Crippen molar-refractivity contribution in [1.82, 2.24) is 0 Å². The maximum atomic E-state index is 12.9. The largest absolute Gasteiger partial charge is 0.497 e. The molecule has 0 aromatic heterocycles. The van der Waals surface area contributed by atoms with E-state index in [2.05, 4.69) is 10.3 Å². The predicted molar refractivity (Wildman–Crippen MR) is 115 cm³/mol. The highest BCUT2D eigenvalue weighted by molar-refractivity contribution is 8.15. The number of nitrogens with one attached hydrogen (secondary N) is 1. The van der Waals surface area contributed by atoms with Gasteiger partial charge in [-0.2, -0.15) is 0 Å². The summed E-state index contributed by atoms with van der Waals surface area (Å²) in [5.41, 5.74) is 1.35. The standard InChI is InChI=1S/C20H20ClN3O3S/c1-3-22-20(23-14-6-4-13(21)5-7-14)28-17-12-18(25)24(19(17)26)15-8-10-16(27-2)11-9-15/h4-11,17H,3,12H2,1-2H3,(H,22,23)/t17-/m0/s1. The third-order valence-corrected chi connectivity index (χ3v) is 5.45. The van der Waals surface area contributed by atoms with E-state index in [1.165, 1.54) is 16.7 Å². The maximum Gasteiger partial charge on any atom is 0.247 e. The lowest BCUT2D eigenvalue weighted by molar-refractivity contribution is -0.121. The number of hydrogen-bond acceptors (Lipinski definition) is 5. The number of ether oxygens (including phenoxy) is 1. The number of aliphatic imine (C=N–C) groups is 1. The van der Waals surface area contributed by atoms with Gasteiger partial charge >= 0.3 is 0 Å². The van der Waals surface area contributed by atoms with Crippen LogP contribution < -0.4 is 15.0 Å². The van der Waals surface area contributed by atoms with Gasteiger partial charge in [0.15, 0.2) is 5.17 Å². The number of amidine groups is 1. The minimum Gasteiger partial charge on any atom is -0.497 e. The van der Waals surface area contributed by atoms with Crippen molar-refractivity contribution >= 4 is 51.7 Å². The van der Waals surface area contributed by atoms with Gasteiger partial charge in [-0.15, -0.1) is 0 Å². The quantitative estimate of drug-likeness (QED) is 0.448. The first-order valence-electron chi connectivity index (χ1n) is 8.76. The number of halogens is 1. The minimum atomic E-state index is -0.528. The molecule has 2 aromatic rings. The third-order valence-electron chi connectivity index (χ3n) is 4.09. The fourth-order valence-corrected chi connectivity index (χ4v) is 3.95. The van der Waals surface area contributed by atoms with Gasteiger partial charge in [0.1, 0.15) is 11.0 Å². The van der Waals surface area contributed by atoms with E-state index < -0.39 is 5.25 Å². The SMILES string of the molecule is CCN=C(Nc1ccc(Cl)cc1)S[C@H]1CC(=O)N(c2ccc(OC)cc2)C1=O. The Morgan fingerprint density at radius 3 is 2.50 bits per heavy atom. The van der Waals surface area contributed by atoms with Crippen LogP contribution in [0, 0.1) is 0 Å². The van der Waals surface area contributed by atoms with Crippen LogP contribution in [0.3, 0.4) is 0 Å². The fraction of sp³-hybridized carbons (Fsp3) is 0.250. The van der Waals surface area contributed by atoms with Crippen LogP contribution in [0.2, 0.25) is 5.02 Å². The molecule has 0 saturated carbocycles. The summed E-state index contributed by atoms with van der Waals surface area (Å²) in [4.78, 5) is 31.0. The molecule has 1 aliphatic rings. The molecule has 1 N–H and O–H groups in total. The smallest absolute Gasteiger partial charge is 0.247 e. The first-order valence-corrected chi connectivity index (χ1v) is 10.0. The molecule has 1 atom stereocenters. The topological polar surface area (TPSA) is 71.0 Å². The molecule has 0 radical (unpaired) electrons. The van der Waals surface area contributed by atoms with Crippen LogP contribution in [0.25, 0.3) is 0 Å². The zero-order valence-corrected chi connectivity index (χ0v) is 17.1. The van der Waals surface area contributed by atoms with Crippen molar-refractivity contribution in [3.05, 3.63) is 53.6 Å². The highest BCUT2D eigenvalue weighted by Gasteiger charge is 2.40. The van der Waals surface area contributed by atoms with Crippen molar-refractivity contribution in [3.63, 3.8) is 0 Å². The summed E-state index contributed by atoms with van der Waals surface area (Å²) in [6, 6.07) is 14.1. The monoisotopic (exact) mass is 417 g/mol. The summed E-state index contributed by atoms with van der Waals surface area (Å²) in [5, 5.41) is 3.89. The second-order valence-electron chi connectivity index (χ2n) is 5.99. The number of rotatable bonds is 5. The molecule has 3 rings (SSSR count). The van der Waals surface area contributed by atoms with E-state index in [1.54, 1.807) is 43.5 Å². The van der Waals surface area contributed by atoms with Crippen molar-refractivity contribution in [1.29, 1.82) is 0 Å². The molecule has 0 unspecified atom stereocenters. The van der Waals surface area contributed by atoms with Gasteiger partial charge in [-0.25, -0.2) is 4.90 Å². The molecular weight excluding hydrogens is 398 g/mol. The van der Waals surface area contributed by atoms with Gasteiger partial charge in [0, 0.05) is 23.7 Å². The first kappa shape index (κ1) is 20.2. The second kappa shape index (κ2) is 9.12. The molecule has 0 spiro atoms.